The summed E-state index contributed by atoms with van der Waals surface area (Å²) in [6.45, 7) is 11.2. The Balaban J connectivity index is 1.15. The fourth-order valence-electron chi connectivity index (χ4n) is 5.78. The average Bonchev–Trinajstić information content (AvgIpc) is 3.32. The normalized spacial score (nSPS) is 30.4. The second-order valence-corrected chi connectivity index (χ2v) is 12.1. The molecule has 5 atom stereocenters. The summed E-state index contributed by atoms with van der Waals surface area (Å²) in [4.78, 5) is 0. The highest BCUT2D eigenvalue weighted by molar-refractivity contribution is 5.00. The van der Waals surface area contributed by atoms with E-state index < -0.39 is 17.9 Å². The van der Waals surface area contributed by atoms with Gasteiger partial charge in [-0.3, -0.25) is 0 Å². The molecule has 0 aliphatic carbocycles. The third kappa shape index (κ3) is 10.1. The highest BCUT2D eigenvalue weighted by Gasteiger charge is 2.60. The van der Waals surface area contributed by atoms with E-state index in [-0.39, 0.29) is 24.4 Å². The van der Waals surface area contributed by atoms with E-state index in [1.54, 1.807) is 0 Å². The summed E-state index contributed by atoms with van der Waals surface area (Å²) in [6.07, 6.45) is 20.7. The van der Waals surface area contributed by atoms with E-state index in [9.17, 15) is 0 Å². The van der Waals surface area contributed by atoms with Crippen molar-refractivity contribution in [1.82, 2.24) is 0 Å². The van der Waals surface area contributed by atoms with Crippen LogP contribution in [0.4, 0.5) is 0 Å². The van der Waals surface area contributed by atoms with Crippen LogP contribution in [0, 0.1) is 0 Å². The standard InChI is InChI=1S/C30H56O6/c1-6-7-8-9-10-11-12-13-14-15-16-17-18-19-20-21-22-31-23-24-25-26(34-29(2,3)33-25)27-28(32-24)36-30(4,5)35-27/h24-28H,6-23H2,1-5H3/t24-,25-,26+,27+,28+/m0/s1. The number of hydrogen-bond acceptors (Lipinski definition) is 6. The van der Waals surface area contributed by atoms with Crippen LogP contribution in [0.25, 0.3) is 0 Å². The molecular formula is C30H56O6. The van der Waals surface area contributed by atoms with E-state index in [0.717, 1.165) is 13.0 Å². The smallest absolute Gasteiger partial charge is 0.190 e. The summed E-state index contributed by atoms with van der Waals surface area (Å²) < 4.78 is 36.6. The van der Waals surface area contributed by atoms with Gasteiger partial charge in [-0.2, -0.15) is 0 Å². The van der Waals surface area contributed by atoms with Gasteiger partial charge in [-0.05, 0) is 34.1 Å². The van der Waals surface area contributed by atoms with Crippen molar-refractivity contribution >= 4 is 0 Å². The molecule has 0 bridgehead atoms. The number of rotatable bonds is 19. The Morgan fingerprint density at radius 1 is 0.528 bits per heavy atom. The Kier molecular flexibility index (Phi) is 12.9. The third-order valence-corrected chi connectivity index (χ3v) is 7.68. The monoisotopic (exact) mass is 512 g/mol. The van der Waals surface area contributed by atoms with Crippen LogP contribution in [0.15, 0.2) is 0 Å². The van der Waals surface area contributed by atoms with E-state index in [2.05, 4.69) is 6.92 Å². The zero-order chi connectivity index (χ0) is 25.9. The lowest BCUT2D eigenvalue weighted by atomic mass is 9.99. The molecule has 36 heavy (non-hydrogen) atoms. The molecule has 3 saturated heterocycles. The maximum absolute atomic E-state index is 6.21. The van der Waals surface area contributed by atoms with Crippen molar-refractivity contribution in [3.63, 3.8) is 0 Å². The van der Waals surface area contributed by atoms with E-state index >= 15 is 0 Å². The minimum absolute atomic E-state index is 0.204. The van der Waals surface area contributed by atoms with Crippen molar-refractivity contribution in [3.05, 3.63) is 0 Å². The van der Waals surface area contributed by atoms with Crippen LogP contribution in [0.5, 0.6) is 0 Å². The molecule has 3 aliphatic rings. The van der Waals surface area contributed by atoms with E-state index in [1.807, 2.05) is 27.7 Å². The minimum atomic E-state index is -0.681. The van der Waals surface area contributed by atoms with Crippen LogP contribution in [0.3, 0.4) is 0 Å². The maximum atomic E-state index is 6.21. The molecule has 6 heteroatoms. The lowest BCUT2D eigenvalue weighted by Crippen LogP contribution is -2.56. The van der Waals surface area contributed by atoms with Crippen molar-refractivity contribution in [2.24, 2.45) is 0 Å². The molecule has 6 nitrogen and oxygen atoms in total. The molecule has 0 spiro atoms. The molecule has 0 radical (unpaired) electrons. The molecule has 0 N–H and O–H groups in total. The minimum Gasteiger partial charge on any atom is -0.379 e. The first-order chi connectivity index (χ1) is 17.3. The molecule has 0 saturated carbocycles. The van der Waals surface area contributed by atoms with Crippen molar-refractivity contribution < 1.29 is 28.4 Å². The molecule has 3 aliphatic heterocycles. The van der Waals surface area contributed by atoms with E-state index in [1.165, 1.54) is 96.3 Å². The summed E-state index contributed by atoms with van der Waals surface area (Å²) in [5, 5.41) is 0. The first kappa shape index (κ1) is 30.3. The highest BCUT2D eigenvalue weighted by atomic mass is 16.9. The van der Waals surface area contributed by atoms with Crippen LogP contribution in [0.1, 0.15) is 137 Å². The van der Waals surface area contributed by atoms with Gasteiger partial charge in [0.25, 0.3) is 0 Å². The molecular weight excluding hydrogens is 456 g/mol. The van der Waals surface area contributed by atoms with Crippen LogP contribution >= 0.6 is 0 Å². The Hall–Kier alpha value is -0.240. The van der Waals surface area contributed by atoms with Crippen molar-refractivity contribution in [1.29, 1.82) is 0 Å². The van der Waals surface area contributed by atoms with Gasteiger partial charge in [0.05, 0.1) is 6.61 Å². The van der Waals surface area contributed by atoms with Gasteiger partial charge < -0.3 is 28.4 Å². The third-order valence-electron chi connectivity index (χ3n) is 7.68. The predicted octanol–water partition coefficient (Wildman–Crippen LogP) is 7.66. The second-order valence-electron chi connectivity index (χ2n) is 12.1. The van der Waals surface area contributed by atoms with Gasteiger partial charge >= 0.3 is 0 Å². The first-order valence-electron chi connectivity index (χ1n) is 15.3. The summed E-state index contributed by atoms with van der Waals surface area (Å²) in [5.74, 6) is -1.34. The van der Waals surface area contributed by atoms with Crippen LogP contribution in [0.2, 0.25) is 0 Å². The molecule has 3 rings (SSSR count). The quantitative estimate of drug-likeness (QED) is 0.166. The van der Waals surface area contributed by atoms with Crippen LogP contribution in [-0.2, 0) is 28.4 Å². The van der Waals surface area contributed by atoms with Crippen molar-refractivity contribution in [3.8, 4) is 0 Å². The number of unbranched alkanes of at least 4 members (excludes halogenated alkanes) is 15. The van der Waals surface area contributed by atoms with Gasteiger partial charge in [-0.25, -0.2) is 0 Å². The molecule has 0 unspecified atom stereocenters. The summed E-state index contributed by atoms with van der Waals surface area (Å²) in [7, 11) is 0. The Labute approximate surface area is 221 Å². The van der Waals surface area contributed by atoms with Crippen molar-refractivity contribution in [2.75, 3.05) is 13.2 Å². The first-order valence-corrected chi connectivity index (χ1v) is 15.3. The lowest BCUT2D eigenvalue weighted by Gasteiger charge is -2.37. The molecule has 0 aromatic rings. The van der Waals surface area contributed by atoms with E-state index in [0.29, 0.717) is 6.61 Å². The number of ether oxygens (including phenoxy) is 6. The molecule has 3 fully saturated rings. The fourth-order valence-corrected chi connectivity index (χ4v) is 5.78. The zero-order valence-electron chi connectivity index (χ0n) is 24.1. The zero-order valence-corrected chi connectivity index (χ0v) is 24.1. The summed E-state index contributed by atoms with van der Waals surface area (Å²) in [5.41, 5.74) is 0. The topological polar surface area (TPSA) is 55.4 Å². The second kappa shape index (κ2) is 15.4. The largest absolute Gasteiger partial charge is 0.379 e. The van der Waals surface area contributed by atoms with Gasteiger partial charge in [0.1, 0.15) is 24.4 Å². The number of fused-ring (bicyclic) bond motifs is 3. The highest BCUT2D eigenvalue weighted by Crippen LogP contribution is 2.44. The Morgan fingerprint density at radius 3 is 1.53 bits per heavy atom. The Morgan fingerprint density at radius 2 is 0.972 bits per heavy atom. The number of hydrogen-bond donors (Lipinski definition) is 0. The van der Waals surface area contributed by atoms with Crippen molar-refractivity contribution in [2.45, 2.75) is 180 Å². The van der Waals surface area contributed by atoms with Crippen LogP contribution < -0.4 is 0 Å². The molecule has 212 valence electrons. The summed E-state index contributed by atoms with van der Waals surface area (Å²) in [6, 6.07) is 0. The van der Waals surface area contributed by atoms with Gasteiger partial charge in [0.15, 0.2) is 17.9 Å². The molecule has 3 heterocycles. The summed E-state index contributed by atoms with van der Waals surface area (Å²) >= 11 is 0. The predicted molar refractivity (Wildman–Crippen MR) is 143 cm³/mol. The molecule has 0 aromatic carbocycles. The molecule has 0 amide bonds. The average molecular weight is 513 g/mol. The van der Waals surface area contributed by atoms with Gasteiger partial charge in [-0.15, -0.1) is 0 Å². The lowest BCUT2D eigenvalue weighted by molar-refractivity contribution is -0.243. The maximum Gasteiger partial charge on any atom is 0.190 e. The SMILES string of the molecule is CCCCCCCCCCCCCCCCCCOC[C@@H]1O[C@@H]2OC(C)(C)O[C@@H]2[C@@H]2OC(C)(C)O[C@H]21. The Bertz CT molecular complexity index is 594. The fraction of sp³-hybridized carbons (Fsp3) is 1.00. The van der Waals surface area contributed by atoms with Gasteiger partial charge in [0.2, 0.25) is 0 Å². The van der Waals surface area contributed by atoms with Gasteiger partial charge in [-0.1, -0.05) is 103 Å². The van der Waals surface area contributed by atoms with E-state index in [4.69, 9.17) is 28.4 Å². The molecule has 0 aromatic heterocycles. The van der Waals surface area contributed by atoms with Gasteiger partial charge in [0, 0.05) is 6.61 Å². The van der Waals surface area contributed by atoms with Crippen LogP contribution in [-0.4, -0.2) is 55.5 Å².